The lowest BCUT2D eigenvalue weighted by molar-refractivity contribution is -0.274. The first-order valence-corrected chi connectivity index (χ1v) is 8.83. The summed E-state index contributed by atoms with van der Waals surface area (Å²) in [5.74, 6) is 0.197. The summed E-state index contributed by atoms with van der Waals surface area (Å²) in [5.41, 5.74) is 0.926. The van der Waals surface area contributed by atoms with E-state index in [0.29, 0.717) is 5.75 Å². The Labute approximate surface area is 159 Å². The van der Waals surface area contributed by atoms with Gasteiger partial charge in [0.05, 0.1) is 7.11 Å². The highest BCUT2D eigenvalue weighted by molar-refractivity contribution is 5.85. The van der Waals surface area contributed by atoms with Gasteiger partial charge >= 0.3 is 6.36 Å². The van der Waals surface area contributed by atoms with Crippen LogP contribution in [-0.2, 0) is 0 Å². The average Bonchev–Trinajstić information content (AvgIpc) is 2.58. The number of hydrogen-bond donors (Lipinski definition) is 1. The largest absolute Gasteiger partial charge is 0.573 e. The summed E-state index contributed by atoms with van der Waals surface area (Å²) in [4.78, 5) is 2.38. The maximum absolute atomic E-state index is 12.5. The topological polar surface area (TPSA) is 33.7 Å². The molecule has 1 heterocycles. The van der Waals surface area contributed by atoms with Gasteiger partial charge in [-0.05, 0) is 12.5 Å². The first-order valence-electron chi connectivity index (χ1n) is 8.83. The molecule has 4 nitrogen and oxygen atoms in total. The molecule has 1 aromatic rings. The molecule has 0 aliphatic carbocycles. The van der Waals surface area contributed by atoms with Crippen LogP contribution in [-0.4, -0.2) is 44.6 Å². The third kappa shape index (κ3) is 6.85. The first-order chi connectivity index (χ1) is 11.9. The molecule has 1 aliphatic heterocycles. The van der Waals surface area contributed by atoms with E-state index in [4.69, 9.17) is 4.74 Å². The molecule has 1 N–H and O–H groups in total. The predicted octanol–water partition coefficient (Wildman–Crippen LogP) is 4.54. The number of rotatable bonds is 8. The summed E-state index contributed by atoms with van der Waals surface area (Å²) < 4.78 is 46.8. The van der Waals surface area contributed by atoms with Crippen molar-refractivity contribution in [2.24, 2.45) is 0 Å². The van der Waals surface area contributed by atoms with Crippen LogP contribution in [0.5, 0.6) is 11.5 Å². The Morgan fingerprint density at radius 2 is 1.88 bits per heavy atom. The molecule has 8 heteroatoms. The third-order valence-corrected chi connectivity index (χ3v) is 4.47. The van der Waals surface area contributed by atoms with Crippen molar-refractivity contribution in [3.8, 4) is 11.5 Å². The zero-order chi connectivity index (χ0) is 18.3. The number of alkyl halides is 3. The Kier molecular flexibility index (Phi) is 9.54. The highest BCUT2D eigenvalue weighted by Crippen LogP contribution is 2.37. The van der Waals surface area contributed by atoms with E-state index in [1.165, 1.54) is 19.2 Å². The Balaban J connectivity index is 0.00000338. The van der Waals surface area contributed by atoms with Crippen molar-refractivity contribution in [2.75, 3.05) is 33.3 Å². The molecule has 0 radical (unpaired) electrons. The monoisotopic (exact) mass is 396 g/mol. The van der Waals surface area contributed by atoms with Crippen molar-refractivity contribution >= 4 is 12.4 Å². The van der Waals surface area contributed by atoms with Gasteiger partial charge in [0, 0.05) is 43.9 Å². The number of nitrogens with zero attached hydrogens (tertiary/aromatic N) is 1. The number of benzene rings is 1. The maximum Gasteiger partial charge on any atom is 0.573 e. The van der Waals surface area contributed by atoms with Gasteiger partial charge in [0.25, 0.3) is 0 Å². The standard InChI is InChI=1S/C18H27F3N2O2.ClH/c1-3-4-5-6-16(23-11-9-22-10-12-23)15-8-7-14(13-17(15)24-2)25-18(19,20)21;/h7-8,13,16,22H,3-6,9-12H2,1-2H3;1H/t16-;/m0./s1. The zero-order valence-electron chi connectivity index (χ0n) is 15.3. The normalized spacial score (nSPS) is 16.7. The van der Waals surface area contributed by atoms with Crippen LogP contribution < -0.4 is 14.8 Å². The molecule has 0 amide bonds. The molecule has 1 saturated heterocycles. The lowest BCUT2D eigenvalue weighted by Gasteiger charge is -2.36. The fourth-order valence-corrected chi connectivity index (χ4v) is 3.28. The van der Waals surface area contributed by atoms with Gasteiger partial charge in [0.2, 0.25) is 0 Å². The van der Waals surface area contributed by atoms with Gasteiger partial charge in [0.1, 0.15) is 11.5 Å². The van der Waals surface area contributed by atoms with E-state index in [0.717, 1.165) is 57.4 Å². The number of hydrogen-bond acceptors (Lipinski definition) is 4. The molecule has 2 rings (SSSR count). The first kappa shape index (κ1) is 22.9. The van der Waals surface area contributed by atoms with E-state index in [1.54, 1.807) is 6.07 Å². The van der Waals surface area contributed by atoms with Gasteiger partial charge in [-0.2, -0.15) is 0 Å². The second kappa shape index (κ2) is 10.8. The van der Waals surface area contributed by atoms with Crippen molar-refractivity contribution in [1.29, 1.82) is 0 Å². The summed E-state index contributed by atoms with van der Waals surface area (Å²) in [5, 5.41) is 3.33. The van der Waals surface area contributed by atoms with Gasteiger partial charge in [0.15, 0.2) is 0 Å². The number of halogens is 4. The van der Waals surface area contributed by atoms with Crippen molar-refractivity contribution in [3.63, 3.8) is 0 Å². The molecular weight excluding hydrogens is 369 g/mol. The van der Waals surface area contributed by atoms with E-state index >= 15 is 0 Å². The number of ether oxygens (including phenoxy) is 2. The smallest absolute Gasteiger partial charge is 0.496 e. The number of methoxy groups -OCH3 is 1. The molecule has 0 spiro atoms. The summed E-state index contributed by atoms with van der Waals surface area (Å²) in [7, 11) is 1.48. The van der Waals surface area contributed by atoms with Crippen molar-refractivity contribution in [2.45, 2.75) is 45.0 Å². The van der Waals surface area contributed by atoms with Gasteiger partial charge < -0.3 is 14.8 Å². The highest BCUT2D eigenvalue weighted by atomic mass is 35.5. The van der Waals surface area contributed by atoms with Gasteiger partial charge in [-0.1, -0.05) is 32.3 Å². The van der Waals surface area contributed by atoms with Crippen molar-refractivity contribution in [1.82, 2.24) is 10.2 Å². The lowest BCUT2D eigenvalue weighted by atomic mass is 9.97. The Bertz CT molecular complexity index is 538. The van der Waals surface area contributed by atoms with E-state index in [-0.39, 0.29) is 24.2 Å². The quantitative estimate of drug-likeness (QED) is 0.654. The minimum atomic E-state index is -4.70. The number of unbranched alkanes of at least 4 members (excludes halogenated alkanes) is 2. The molecule has 1 atom stereocenters. The SMILES string of the molecule is CCCCC[C@@H](c1ccc(OC(F)(F)F)cc1OC)N1CCNCC1.Cl. The van der Waals surface area contributed by atoms with Gasteiger partial charge in [-0.25, -0.2) is 0 Å². The molecule has 0 aromatic heterocycles. The highest BCUT2D eigenvalue weighted by Gasteiger charge is 2.32. The van der Waals surface area contributed by atoms with Crippen LogP contribution in [0.15, 0.2) is 18.2 Å². The molecule has 150 valence electrons. The minimum absolute atomic E-state index is 0. The average molecular weight is 397 g/mol. The fraction of sp³-hybridized carbons (Fsp3) is 0.667. The molecule has 0 saturated carbocycles. The summed E-state index contributed by atoms with van der Waals surface area (Å²) in [6, 6.07) is 4.56. The molecular formula is C18H28ClF3N2O2. The van der Waals surface area contributed by atoms with Crippen LogP contribution in [0.1, 0.15) is 44.2 Å². The van der Waals surface area contributed by atoms with Crippen LogP contribution in [0.3, 0.4) is 0 Å². The third-order valence-electron chi connectivity index (χ3n) is 4.47. The Hall–Kier alpha value is -1.18. The van der Waals surface area contributed by atoms with Gasteiger partial charge in [-0.15, -0.1) is 25.6 Å². The second-order valence-corrected chi connectivity index (χ2v) is 6.25. The van der Waals surface area contributed by atoms with Gasteiger partial charge in [-0.3, -0.25) is 4.90 Å². The van der Waals surface area contributed by atoms with E-state index in [2.05, 4.69) is 21.9 Å². The zero-order valence-corrected chi connectivity index (χ0v) is 16.1. The molecule has 0 bridgehead atoms. The maximum atomic E-state index is 12.5. The minimum Gasteiger partial charge on any atom is -0.496 e. The van der Waals surface area contributed by atoms with Crippen LogP contribution in [0.4, 0.5) is 13.2 Å². The molecule has 1 aliphatic rings. The van der Waals surface area contributed by atoms with E-state index < -0.39 is 6.36 Å². The van der Waals surface area contributed by atoms with Crippen LogP contribution >= 0.6 is 12.4 Å². The predicted molar refractivity (Wildman–Crippen MR) is 98.3 cm³/mol. The van der Waals surface area contributed by atoms with Crippen LogP contribution in [0, 0.1) is 0 Å². The molecule has 0 unspecified atom stereocenters. The van der Waals surface area contributed by atoms with Crippen molar-refractivity contribution in [3.05, 3.63) is 23.8 Å². The molecule has 1 aromatic carbocycles. The van der Waals surface area contributed by atoms with Crippen LogP contribution in [0.2, 0.25) is 0 Å². The summed E-state index contributed by atoms with van der Waals surface area (Å²) >= 11 is 0. The summed E-state index contributed by atoms with van der Waals surface area (Å²) in [6.07, 6.45) is -0.395. The van der Waals surface area contributed by atoms with E-state index in [1.807, 2.05) is 0 Å². The Morgan fingerprint density at radius 3 is 2.46 bits per heavy atom. The molecule has 26 heavy (non-hydrogen) atoms. The second-order valence-electron chi connectivity index (χ2n) is 6.25. The molecule has 1 fully saturated rings. The van der Waals surface area contributed by atoms with Crippen molar-refractivity contribution < 1.29 is 22.6 Å². The summed E-state index contributed by atoms with van der Waals surface area (Å²) in [6.45, 7) is 5.83. The van der Waals surface area contributed by atoms with Crippen LogP contribution in [0.25, 0.3) is 0 Å². The fourth-order valence-electron chi connectivity index (χ4n) is 3.28. The lowest BCUT2D eigenvalue weighted by Crippen LogP contribution is -2.45. The number of piperazine rings is 1. The van der Waals surface area contributed by atoms with E-state index in [9.17, 15) is 13.2 Å². The Morgan fingerprint density at radius 1 is 1.19 bits per heavy atom. The number of nitrogens with one attached hydrogen (secondary N) is 1.